The van der Waals surface area contributed by atoms with Crippen LogP contribution in [0.4, 0.5) is 0 Å². The van der Waals surface area contributed by atoms with Gasteiger partial charge in [-0.05, 0) is 24.3 Å². The van der Waals surface area contributed by atoms with Gasteiger partial charge in [-0.2, -0.15) is 0 Å². The van der Waals surface area contributed by atoms with Crippen LogP contribution in [0.15, 0.2) is 47.5 Å². The van der Waals surface area contributed by atoms with Gasteiger partial charge in [0.2, 0.25) is 5.89 Å². The van der Waals surface area contributed by atoms with Gasteiger partial charge in [-0.25, -0.2) is 4.98 Å². The quantitative estimate of drug-likeness (QED) is 0.797. The van der Waals surface area contributed by atoms with Crippen molar-refractivity contribution in [3.8, 4) is 11.3 Å². The molecular formula is C15H17ClN2O2. The summed E-state index contributed by atoms with van der Waals surface area (Å²) in [5.41, 5.74) is 0.936. The molecule has 0 bridgehead atoms. The third-order valence-corrected chi connectivity index (χ3v) is 3.10. The lowest BCUT2D eigenvalue weighted by Crippen LogP contribution is -2.26. The largest absolute Gasteiger partial charge is 0.439 e. The molecule has 0 saturated carbocycles. The van der Waals surface area contributed by atoms with Crippen LogP contribution in [0.5, 0.6) is 0 Å². The Kier molecular flexibility index (Phi) is 5.35. The molecule has 0 aliphatic carbocycles. The lowest BCUT2D eigenvalue weighted by molar-refractivity contribution is 0.192. The monoisotopic (exact) mass is 292 g/mol. The van der Waals surface area contributed by atoms with Crippen LogP contribution in [-0.4, -0.2) is 34.7 Å². The van der Waals surface area contributed by atoms with E-state index < -0.39 is 0 Å². The van der Waals surface area contributed by atoms with Crippen LogP contribution in [0.2, 0.25) is 5.02 Å². The van der Waals surface area contributed by atoms with Gasteiger partial charge in [0.1, 0.15) is 0 Å². The Balaban J connectivity index is 2.08. The van der Waals surface area contributed by atoms with Crippen LogP contribution in [0.1, 0.15) is 5.89 Å². The molecule has 1 aromatic carbocycles. The smallest absolute Gasteiger partial charge is 0.209 e. The van der Waals surface area contributed by atoms with E-state index in [0.717, 1.165) is 5.56 Å². The van der Waals surface area contributed by atoms with Crippen molar-refractivity contribution in [1.82, 2.24) is 9.88 Å². The second-order valence-corrected chi connectivity index (χ2v) is 4.81. The van der Waals surface area contributed by atoms with Crippen molar-refractivity contribution < 1.29 is 9.52 Å². The molecule has 0 fully saturated rings. The zero-order valence-corrected chi connectivity index (χ0v) is 11.9. The summed E-state index contributed by atoms with van der Waals surface area (Å²) in [6.07, 6.45) is 3.49. The number of rotatable bonds is 7. The summed E-state index contributed by atoms with van der Waals surface area (Å²) >= 11 is 5.86. The molecule has 1 N–H and O–H groups in total. The molecule has 1 heterocycles. The number of aliphatic hydroxyl groups excluding tert-OH is 1. The summed E-state index contributed by atoms with van der Waals surface area (Å²) < 4.78 is 5.72. The van der Waals surface area contributed by atoms with Crippen molar-refractivity contribution >= 4 is 11.6 Å². The van der Waals surface area contributed by atoms with Gasteiger partial charge in [-0.3, -0.25) is 4.90 Å². The highest BCUT2D eigenvalue weighted by molar-refractivity contribution is 6.30. The number of hydrogen-bond acceptors (Lipinski definition) is 4. The molecule has 0 aliphatic heterocycles. The number of oxazole rings is 1. The van der Waals surface area contributed by atoms with Crippen molar-refractivity contribution in [2.75, 3.05) is 19.7 Å². The second kappa shape index (κ2) is 7.24. The molecule has 0 atom stereocenters. The second-order valence-electron chi connectivity index (χ2n) is 4.37. The van der Waals surface area contributed by atoms with Crippen LogP contribution in [0.3, 0.4) is 0 Å². The highest BCUT2D eigenvalue weighted by Crippen LogP contribution is 2.22. The van der Waals surface area contributed by atoms with Crippen LogP contribution >= 0.6 is 11.6 Å². The first kappa shape index (κ1) is 14.8. The zero-order chi connectivity index (χ0) is 14.4. The minimum atomic E-state index is 0.0958. The Hall–Kier alpha value is -1.62. The van der Waals surface area contributed by atoms with Gasteiger partial charge >= 0.3 is 0 Å². The van der Waals surface area contributed by atoms with E-state index in [-0.39, 0.29) is 6.61 Å². The van der Waals surface area contributed by atoms with E-state index in [1.54, 1.807) is 12.3 Å². The first-order valence-corrected chi connectivity index (χ1v) is 6.75. The molecule has 2 aromatic rings. The van der Waals surface area contributed by atoms with Gasteiger partial charge in [0, 0.05) is 23.7 Å². The van der Waals surface area contributed by atoms with Crippen molar-refractivity contribution in [2.45, 2.75) is 6.54 Å². The Bertz CT molecular complexity index is 551. The van der Waals surface area contributed by atoms with Crippen LogP contribution < -0.4 is 0 Å². The minimum Gasteiger partial charge on any atom is -0.439 e. The number of nitrogens with zero attached hydrogens (tertiary/aromatic N) is 2. The van der Waals surface area contributed by atoms with E-state index in [0.29, 0.717) is 36.3 Å². The Labute approximate surface area is 123 Å². The molecule has 0 spiro atoms. The predicted octanol–water partition coefficient (Wildman–Crippen LogP) is 2.98. The van der Waals surface area contributed by atoms with E-state index in [4.69, 9.17) is 21.1 Å². The van der Waals surface area contributed by atoms with Crippen molar-refractivity contribution in [2.24, 2.45) is 0 Å². The highest BCUT2D eigenvalue weighted by Gasteiger charge is 2.10. The van der Waals surface area contributed by atoms with Crippen molar-refractivity contribution in [1.29, 1.82) is 0 Å². The standard InChI is InChI=1S/C15H17ClN2O2/c1-2-7-18(8-9-19)11-15-17-10-14(20-15)12-3-5-13(16)6-4-12/h2-6,10,19H,1,7-9,11H2. The number of hydrogen-bond donors (Lipinski definition) is 1. The summed E-state index contributed by atoms with van der Waals surface area (Å²) in [6.45, 7) is 5.58. The summed E-state index contributed by atoms with van der Waals surface area (Å²) in [7, 11) is 0. The Morgan fingerprint density at radius 1 is 1.35 bits per heavy atom. The number of aliphatic hydroxyl groups is 1. The van der Waals surface area contributed by atoms with E-state index in [1.807, 2.05) is 29.2 Å². The molecule has 0 radical (unpaired) electrons. The normalized spacial score (nSPS) is 10.9. The van der Waals surface area contributed by atoms with Crippen molar-refractivity contribution in [3.05, 3.63) is 54.0 Å². The van der Waals surface area contributed by atoms with Gasteiger partial charge in [0.05, 0.1) is 19.3 Å². The Morgan fingerprint density at radius 3 is 2.75 bits per heavy atom. The van der Waals surface area contributed by atoms with Gasteiger partial charge in [-0.1, -0.05) is 17.7 Å². The average molecular weight is 293 g/mol. The lowest BCUT2D eigenvalue weighted by atomic mass is 10.2. The fourth-order valence-electron chi connectivity index (χ4n) is 1.88. The molecule has 0 unspecified atom stereocenters. The molecule has 0 amide bonds. The minimum absolute atomic E-state index is 0.0958. The van der Waals surface area contributed by atoms with Crippen LogP contribution in [0.25, 0.3) is 11.3 Å². The first-order chi connectivity index (χ1) is 9.72. The summed E-state index contributed by atoms with van der Waals surface area (Å²) in [5.74, 6) is 1.32. The van der Waals surface area contributed by atoms with E-state index >= 15 is 0 Å². The van der Waals surface area contributed by atoms with E-state index in [2.05, 4.69) is 11.6 Å². The van der Waals surface area contributed by atoms with Gasteiger partial charge in [-0.15, -0.1) is 6.58 Å². The third kappa shape index (κ3) is 3.93. The van der Waals surface area contributed by atoms with E-state index in [1.165, 1.54) is 0 Å². The van der Waals surface area contributed by atoms with Gasteiger partial charge < -0.3 is 9.52 Å². The molecule has 4 nitrogen and oxygen atoms in total. The molecule has 5 heteroatoms. The fourth-order valence-corrected chi connectivity index (χ4v) is 2.01. The molecule has 2 rings (SSSR count). The lowest BCUT2D eigenvalue weighted by Gasteiger charge is -2.16. The number of benzene rings is 1. The molecule has 1 aromatic heterocycles. The van der Waals surface area contributed by atoms with Gasteiger partial charge in [0.25, 0.3) is 0 Å². The fraction of sp³-hybridized carbons (Fsp3) is 0.267. The van der Waals surface area contributed by atoms with Crippen LogP contribution in [0, 0.1) is 0 Å². The average Bonchev–Trinajstić information content (AvgIpc) is 2.89. The Morgan fingerprint density at radius 2 is 2.10 bits per heavy atom. The topological polar surface area (TPSA) is 49.5 Å². The molecule has 0 saturated heterocycles. The molecular weight excluding hydrogens is 276 g/mol. The number of aromatic nitrogens is 1. The number of halogens is 1. The van der Waals surface area contributed by atoms with Crippen molar-refractivity contribution in [3.63, 3.8) is 0 Å². The maximum atomic E-state index is 9.01. The highest BCUT2D eigenvalue weighted by atomic mass is 35.5. The molecule has 106 valence electrons. The molecule has 20 heavy (non-hydrogen) atoms. The van der Waals surface area contributed by atoms with Gasteiger partial charge in [0.15, 0.2) is 5.76 Å². The summed E-state index contributed by atoms with van der Waals surface area (Å²) in [5, 5.41) is 9.70. The third-order valence-electron chi connectivity index (χ3n) is 2.84. The maximum Gasteiger partial charge on any atom is 0.209 e. The predicted molar refractivity (Wildman–Crippen MR) is 79.5 cm³/mol. The first-order valence-electron chi connectivity index (χ1n) is 6.37. The summed E-state index contributed by atoms with van der Waals surface area (Å²) in [4.78, 5) is 6.27. The SMILES string of the molecule is C=CCN(CCO)Cc1ncc(-c2ccc(Cl)cc2)o1. The summed E-state index contributed by atoms with van der Waals surface area (Å²) in [6, 6.07) is 7.41. The molecule has 0 aliphatic rings. The van der Waals surface area contributed by atoms with Crippen LogP contribution in [-0.2, 0) is 6.54 Å². The zero-order valence-electron chi connectivity index (χ0n) is 11.1. The van der Waals surface area contributed by atoms with E-state index in [9.17, 15) is 0 Å². The maximum absolute atomic E-state index is 9.01.